The van der Waals surface area contributed by atoms with Gasteiger partial charge in [-0.3, -0.25) is 0 Å². The van der Waals surface area contributed by atoms with Crippen molar-refractivity contribution in [2.45, 2.75) is 0 Å². The second kappa shape index (κ2) is 13.6. The van der Waals surface area contributed by atoms with Gasteiger partial charge in [0.2, 0.25) is 0 Å². The standard InChI is InChI=1S/C58H37N3O/c1-3-15-42(16-4-1)59(46-32-27-38-13-7-8-14-41(38)37-46)44-28-23-39(24-29-44)40-25-30-45(31-26-40)61-52-22-12-10-20-50(52)56-54(61)36-34-48-47-33-35-53-55(57(47)62-58(48)56)49-19-9-11-21-51(49)60(53)43-17-5-2-6-18-43/h1-37H. The summed E-state index contributed by atoms with van der Waals surface area (Å²) in [7, 11) is 0. The fraction of sp³-hybridized carbons (Fsp3) is 0. The van der Waals surface area contributed by atoms with Gasteiger partial charge in [-0.15, -0.1) is 0 Å². The van der Waals surface area contributed by atoms with Crippen molar-refractivity contribution in [3.63, 3.8) is 0 Å². The van der Waals surface area contributed by atoms with Gasteiger partial charge >= 0.3 is 0 Å². The van der Waals surface area contributed by atoms with Crippen LogP contribution in [-0.2, 0) is 0 Å². The summed E-state index contributed by atoms with van der Waals surface area (Å²) in [6, 6.07) is 80.7. The zero-order valence-electron chi connectivity index (χ0n) is 33.6. The Bertz CT molecular complexity index is 3840. The Morgan fingerprint density at radius 3 is 1.39 bits per heavy atom. The number of rotatable bonds is 6. The molecular weight excluding hydrogens is 755 g/mol. The normalized spacial score (nSPS) is 11.9. The molecule has 13 rings (SSSR count). The van der Waals surface area contributed by atoms with E-state index in [2.05, 4.69) is 238 Å². The summed E-state index contributed by atoms with van der Waals surface area (Å²) in [5.41, 5.74) is 14.3. The highest BCUT2D eigenvalue weighted by atomic mass is 16.3. The van der Waals surface area contributed by atoms with Gasteiger partial charge in [-0.2, -0.15) is 0 Å². The number of para-hydroxylation sites is 4. The van der Waals surface area contributed by atoms with Crippen LogP contribution in [0.3, 0.4) is 0 Å². The molecule has 13 aromatic rings. The summed E-state index contributed by atoms with van der Waals surface area (Å²) < 4.78 is 11.9. The van der Waals surface area contributed by atoms with Crippen molar-refractivity contribution in [1.82, 2.24) is 9.13 Å². The Morgan fingerprint density at radius 2 is 0.774 bits per heavy atom. The number of fused-ring (bicyclic) bond motifs is 12. The molecule has 0 unspecified atom stereocenters. The van der Waals surface area contributed by atoms with Crippen molar-refractivity contribution in [2.24, 2.45) is 0 Å². The molecule has 4 nitrogen and oxygen atoms in total. The second-order valence-electron chi connectivity index (χ2n) is 16.1. The van der Waals surface area contributed by atoms with Crippen molar-refractivity contribution in [3.8, 4) is 22.5 Å². The van der Waals surface area contributed by atoms with E-state index in [-0.39, 0.29) is 0 Å². The summed E-state index contributed by atoms with van der Waals surface area (Å²) >= 11 is 0. The predicted molar refractivity (Wildman–Crippen MR) is 260 cm³/mol. The molecule has 62 heavy (non-hydrogen) atoms. The lowest BCUT2D eigenvalue weighted by Crippen LogP contribution is -2.09. The predicted octanol–water partition coefficient (Wildman–Crippen LogP) is 16.1. The third kappa shape index (κ3) is 5.20. The number of hydrogen-bond donors (Lipinski definition) is 0. The van der Waals surface area contributed by atoms with Crippen molar-refractivity contribution in [1.29, 1.82) is 0 Å². The maximum absolute atomic E-state index is 7.14. The lowest BCUT2D eigenvalue weighted by Gasteiger charge is -2.26. The minimum atomic E-state index is 0.918. The highest BCUT2D eigenvalue weighted by Crippen LogP contribution is 2.45. The summed E-state index contributed by atoms with van der Waals surface area (Å²) in [5, 5.41) is 9.33. The van der Waals surface area contributed by atoms with E-state index < -0.39 is 0 Å². The number of nitrogens with zero attached hydrogens (tertiary/aromatic N) is 3. The molecule has 0 amide bonds. The summed E-state index contributed by atoms with van der Waals surface area (Å²) in [4.78, 5) is 2.33. The molecule has 3 aromatic heterocycles. The Hall–Kier alpha value is -8.34. The molecule has 0 spiro atoms. The fourth-order valence-corrected chi connectivity index (χ4v) is 9.88. The Balaban J connectivity index is 0.911. The first kappa shape index (κ1) is 34.5. The zero-order chi connectivity index (χ0) is 40.7. The van der Waals surface area contributed by atoms with Gasteiger partial charge in [-0.25, -0.2) is 0 Å². The van der Waals surface area contributed by atoms with Gasteiger partial charge in [0, 0.05) is 50.0 Å². The van der Waals surface area contributed by atoms with Crippen LogP contribution in [0.5, 0.6) is 0 Å². The van der Waals surface area contributed by atoms with E-state index in [0.717, 1.165) is 94.3 Å². The lowest BCUT2D eigenvalue weighted by atomic mass is 10.0. The van der Waals surface area contributed by atoms with Crippen LogP contribution in [0.15, 0.2) is 229 Å². The molecule has 10 aromatic carbocycles. The molecule has 0 saturated carbocycles. The molecule has 0 bridgehead atoms. The number of aromatic nitrogens is 2. The minimum absolute atomic E-state index is 0.918. The van der Waals surface area contributed by atoms with Gasteiger partial charge in [0.1, 0.15) is 11.2 Å². The second-order valence-corrected chi connectivity index (χ2v) is 16.1. The topological polar surface area (TPSA) is 26.2 Å². The van der Waals surface area contributed by atoms with Crippen LogP contribution < -0.4 is 4.90 Å². The Morgan fingerprint density at radius 1 is 0.306 bits per heavy atom. The molecule has 0 aliphatic heterocycles. The largest absolute Gasteiger partial charge is 0.455 e. The van der Waals surface area contributed by atoms with Crippen LogP contribution in [0, 0.1) is 0 Å². The van der Waals surface area contributed by atoms with E-state index in [1.807, 2.05) is 0 Å². The van der Waals surface area contributed by atoms with Crippen molar-refractivity contribution >= 4 is 93.4 Å². The molecule has 290 valence electrons. The van der Waals surface area contributed by atoms with E-state index >= 15 is 0 Å². The first-order valence-corrected chi connectivity index (χ1v) is 21.2. The molecule has 0 N–H and O–H groups in total. The van der Waals surface area contributed by atoms with Crippen LogP contribution in [0.4, 0.5) is 17.1 Å². The van der Waals surface area contributed by atoms with E-state index in [4.69, 9.17) is 4.42 Å². The quantitative estimate of drug-likeness (QED) is 0.168. The smallest absolute Gasteiger partial charge is 0.145 e. The van der Waals surface area contributed by atoms with E-state index in [9.17, 15) is 0 Å². The zero-order valence-corrected chi connectivity index (χ0v) is 33.6. The SMILES string of the molecule is c1ccc(N(c2ccc(-c3ccc(-n4c5ccccc5c5c6oc7c(ccc8c7c7ccccc7n8-c7ccccc7)c6ccc54)cc3)cc2)c2ccc3ccccc3c2)cc1. The van der Waals surface area contributed by atoms with Gasteiger partial charge in [0.05, 0.1) is 32.8 Å². The minimum Gasteiger partial charge on any atom is -0.455 e. The third-order valence-corrected chi connectivity index (χ3v) is 12.7. The number of anilines is 3. The van der Waals surface area contributed by atoms with Crippen molar-refractivity contribution < 1.29 is 4.42 Å². The Kier molecular flexibility index (Phi) is 7.57. The number of furan rings is 1. The van der Waals surface area contributed by atoms with Crippen molar-refractivity contribution in [3.05, 3.63) is 224 Å². The van der Waals surface area contributed by atoms with E-state index in [0.29, 0.717) is 0 Å². The molecule has 0 atom stereocenters. The summed E-state index contributed by atoms with van der Waals surface area (Å²) in [6.45, 7) is 0. The number of benzene rings is 10. The van der Waals surface area contributed by atoms with Crippen LogP contribution >= 0.6 is 0 Å². The van der Waals surface area contributed by atoms with Crippen LogP contribution in [-0.4, -0.2) is 9.13 Å². The molecule has 4 heteroatoms. The Labute approximate surface area is 357 Å². The molecule has 0 radical (unpaired) electrons. The summed E-state index contributed by atoms with van der Waals surface area (Å²) in [5.74, 6) is 0. The first-order valence-electron chi connectivity index (χ1n) is 21.2. The average molecular weight is 792 g/mol. The van der Waals surface area contributed by atoms with E-state index in [1.165, 1.54) is 21.5 Å². The molecular formula is C58H37N3O. The number of hydrogen-bond acceptors (Lipinski definition) is 2. The molecule has 3 heterocycles. The fourth-order valence-electron chi connectivity index (χ4n) is 9.88. The van der Waals surface area contributed by atoms with Gasteiger partial charge in [0.25, 0.3) is 0 Å². The van der Waals surface area contributed by atoms with Crippen LogP contribution in [0.1, 0.15) is 0 Å². The molecule has 0 saturated heterocycles. The maximum atomic E-state index is 7.14. The monoisotopic (exact) mass is 791 g/mol. The third-order valence-electron chi connectivity index (χ3n) is 12.7. The van der Waals surface area contributed by atoms with Crippen LogP contribution in [0.25, 0.3) is 98.8 Å². The first-order chi connectivity index (χ1) is 30.8. The highest BCUT2D eigenvalue weighted by molar-refractivity contribution is 6.29. The lowest BCUT2D eigenvalue weighted by molar-refractivity contribution is 0.677. The average Bonchev–Trinajstić information content (AvgIpc) is 4.00. The maximum Gasteiger partial charge on any atom is 0.145 e. The van der Waals surface area contributed by atoms with E-state index in [1.54, 1.807) is 0 Å². The summed E-state index contributed by atoms with van der Waals surface area (Å²) in [6.07, 6.45) is 0. The van der Waals surface area contributed by atoms with Crippen molar-refractivity contribution in [2.75, 3.05) is 4.90 Å². The van der Waals surface area contributed by atoms with Gasteiger partial charge in [-0.05, 0) is 119 Å². The van der Waals surface area contributed by atoms with Gasteiger partial charge in [0.15, 0.2) is 0 Å². The molecule has 0 aliphatic rings. The molecule has 0 fully saturated rings. The van der Waals surface area contributed by atoms with Gasteiger partial charge < -0.3 is 18.5 Å². The van der Waals surface area contributed by atoms with Crippen LogP contribution in [0.2, 0.25) is 0 Å². The van der Waals surface area contributed by atoms with Gasteiger partial charge in [-0.1, -0.05) is 127 Å². The highest BCUT2D eigenvalue weighted by Gasteiger charge is 2.22. The molecule has 0 aliphatic carbocycles.